The van der Waals surface area contributed by atoms with Gasteiger partial charge in [-0.05, 0) is 54.8 Å². The van der Waals surface area contributed by atoms with E-state index in [0.717, 1.165) is 17.9 Å². The summed E-state index contributed by atoms with van der Waals surface area (Å²) in [7, 11) is 0. The Hall–Kier alpha value is -3.74. The summed E-state index contributed by atoms with van der Waals surface area (Å²) in [5.74, 6) is 1.56. The van der Waals surface area contributed by atoms with E-state index >= 15 is 0 Å². The van der Waals surface area contributed by atoms with Crippen molar-refractivity contribution in [1.82, 2.24) is 5.32 Å². The lowest BCUT2D eigenvalue weighted by Crippen LogP contribution is -2.24. The minimum atomic E-state index is -0.245. The number of carbonyl (C=O) groups excluding carboxylic acids is 2. The number of rotatable bonds is 11. The van der Waals surface area contributed by atoms with Crippen LogP contribution in [0.25, 0.3) is 0 Å². The largest absolute Gasteiger partial charge is 0.494 e. The zero-order chi connectivity index (χ0) is 22.8. The number of ether oxygens (including phenoxy) is 1. The first-order valence-corrected chi connectivity index (χ1v) is 10.7. The maximum Gasteiger partial charge on any atom is 0.251 e. The molecule has 0 spiro atoms. The van der Waals surface area contributed by atoms with Gasteiger partial charge in [-0.3, -0.25) is 9.59 Å². The number of benzene rings is 2. The van der Waals surface area contributed by atoms with Crippen molar-refractivity contribution in [3.8, 4) is 5.75 Å². The second-order valence-electron chi connectivity index (χ2n) is 7.80. The molecule has 0 aliphatic heterocycles. The smallest absolute Gasteiger partial charge is 0.251 e. The number of hydrogen-bond acceptors (Lipinski definition) is 5. The molecule has 3 N–H and O–H groups in total. The second kappa shape index (κ2) is 11.6. The van der Waals surface area contributed by atoms with Crippen LogP contribution in [0.2, 0.25) is 0 Å². The molecule has 1 aromatic heterocycles. The molecule has 2 amide bonds. The first-order chi connectivity index (χ1) is 15.5. The Bertz CT molecular complexity index is 1020. The number of carbonyl (C=O) groups is 2. The normalized spacial score (nSPS) is 10.6. The van der Waals surface area contributed by atoms with Crippen LogP contribution in [0.1, 0.15) is 36.4 Å². The molecule has 0 aliphatic rings. The van der Waals surface area contributed by atoms with Crippen LogP contribution in [-0.4, -0.2) is 25.0 Å². The molecular weight excluding hydrogens is 406 g/mol. The topological polar surface area (TPSA) is 92.6 Å². The molecule has 1 heterocycles. The van der Waals surface area contributed by atoms with Crippen LogP contribution >= 0.6 is 0 Å². The molecule has 0 bridgehead atoms. The van der Waals surface area contributed by atoms with Crippen molar-refractivity contribution < 1.29 is 18.7 Å². The predicted molar refractivity (Wildman–Crippen MR) is 125 cm³/mol. The monoisotopic (exact) mass is 435 g/mol. The van der Waals surface area contributed by atoms with E-state index in [1.165, 1.54) is 0 Å². The third-order valence-electron chi connectivity index (χ3n) is 4.66. The third kappa shape index (κ3) is 7.50. The van der Waals surface area contributed by atoms with Gasteiger partial charge in [0.05, 0.1) is 26.0 Å². The van der Waals surface area contributed by atoms with E-state index in [-0.39, 0.29) is 18.4 Å². The van der Waals surface area contributed by atoms with Crippen LogP contribution in [0, 0.1) is 5.92 Å². The maximum atomic E-state index is 12.4. The van der Waals surface area contributed by atoms with Gasteiger partial charge < -0.3 is 25.1 Å². The van der Waals surface area contributed by atoms with Crippen molar-refractivity contribution in [2.24, 2.45) is 5.92 Å². The molecule has 168 valence electrons. The molecule has 32 heavy (non-hydrogen) atoms. The third-order valence-corrected chi connectivity index (χ3v) is 4.66. The zero-order valence-electron chi connectivity index (χ0n) is 18.4. The summed E-state index contributed by atoms with van der Waals surface area (Å²) < 4.78 is 11.0. The summed E-state index contributed by atoms with van der Waals surface area (Å²) in [5, 5.41) is 8.69. The Morgan fingerprint density at radius 3 is 2.59 bits per heavy atom. The SMILES string of the molecule is CC(C)CCOc1cccc(NCC(=O)Nc2cccc(C(=O)NCc3ccco3)c2)c1. The van der Waals surface area contributed by atoms with Gasteiger partial charge in [0.15, 0.2) is 0 Å². The molecule has 3 aromatic rings. The van der Waals surface area contributed by atoms with Gasteiger partial charge in [0.1, 0.15) is 11.5 Å². The van der Waals surface area contributed by atoms with Crippen LogP contribution in [0.4, 0.5) is 11.4 Å². The molecule has 0 saturated carbocycles. The van der Waals surface area contributed by atoms with Gasteiger partial charge >= 0.3 is 0 Å². The van der Waals surface area contributed by atoms with Gasteiger partial charge in [-0.1, -0.05) is 26.0 Å². The Kier molecular flexibility index (Phi) is 8.31. The molecule has 7 heteroatoms. The van der Waals surface area contributed by atoms with E-state index in [4.69, 9.17) is 9.15 Å². The fourth-order valence-corrected chi connectivity index (χ4v) is 2.92. The average Bonchev–Trinajstić information content (AvgIpc) is 3.30. The Balaban J connectivity index is 1.47. The highest BCUT2D eigenvalue weighted by atomic mass is 16.5. The second-order valence-corrected chi connectivity index (χ2v) is 7.80. The molecule has 0 aliphatic carbocycles. The predicted octanol–water partition coefficient (Wildman–Crippen LogP) is 4.69. The fourth-order valence-electron chi connectivity index (χ4n) is 2.92. The lowest BCUT2D eigenvalue weighted by molar-refractivity contribution is -0.114. The van der Waals surface area contributed by atoms with Crippen molar-refractivity contribution in [2.75, 3.05) is 23.8 Å². The number of hydrogen-bond donors (Lipinski definition) is 3. The molecule has 7 nitrogen and oxygen atoms in total. The fraction of sp³-hybridized carbons (Fsp3) is 0.280. The van der Waals surface area contributed by atoms with Crippen molar-refractivity contribution >= 4 is 23.2 Å². The van der Waals surface area contributed by atoms with Crippen LogP contribution in [0.3, 0.4) is 0 Å². The molecule has 0 radical (unpaired) electrons. The standard InChI is InChI=1S/C25H29N3O4/c1-18(2)11-13-32-22-9-4-7-20(15-22)26-17-24(29)28-21-8-3-6-19(14-21)25(30)27-16-23-10-5-12-31-23/h3-10,12,14-15,18,26H,11,13,16-17H2,1-2H3,(H,27,30)(H,28,29). The van der Waals surface area contributed by atoms with E-state index in [2.05, 4.69) is 29.8 Å². The molecule has 0 saturated heterocycles. The summed E-state index contributed by atoms with van der Waals surface area (Å²) in [6.45, 7) is 5.36. The minimum absolute atomic E-state index is 0.0877. The summed E-state index contributed by atoms with van der Waals surface area (Å²) in [5.41, 5.74) is 1.80. The molecule has 0 fully saturated rings. The van der Waals surface area contributed by atoms with Gasteiger partial charge in [-0.15, -0.1) is 0 Å². The molecule has 0 unspecified atom stereocenters. The van der Waals surface area contributed by atoms with Gasteiger partial charge in [0.2, 0.25) is 5.91 Å². The highest BCUT2D eigenvalue weighted by Gasteiger charge is 2.09. The van der Waals surface area contributed by atoms with E-state index in [0.29, 0.717) is 36.1 Å². The van der Waals surface area contributed by atoms with Crippen LogP contribution < -0.4 is 20.7 Å². The molecule has 0 atom stereocenters. The maximum absolute atomic E-state index is 12.4. The summed E-state index contributed by atoms with van der Waals surface area (Å²) in [6, 6.07) is 17.9. The van der Waals surface area contributed by atoms with Crippen molar-refractivity contribution in [2.45, 2.75) is 26.8 Å². The first-order valence-electron chi connectivity index (χ1n) is 10.7. The van der Waals surface area contributed by atoms with Crippen molar-refractivity contribution in [3.05, 3.63) is 78.3 Å². The Morgan fingerprint density at radius 2 is 1.81 bits per heavy atom. The average molecular weight is 436 g/mol. The van der Waals surface area contributed by atoms with Gasteiger partial charge in [0.25, 0.3) is 5.91 Å². The zero-order valence-corrected chi connectivity index (χ0v) is 18.4. The Labute approximate surface area is 188 Å². The van der Waals surface area contributed by atoms with Crippen LogP contribution in [0.5, 0.6) is 5.75 Å². The van der Waals surface area contributed by atoms with E-state index in [1.54, 1.807) is 42.7 Å². The van der Waals surface area contributed by atoms with Gasteiger partial charge in [0, 0.05) is 23.0 Å². The van der Waals surface area contributed by atoms with E-state index in [1.807, 2.05) is 24.3 Å². The lowest BCUT2D eigenvalue weighted by Gasteiger charge is -2.11. The molecule has 3 rings (SSSR count). The van der Waals surface area contributed by atoms with Crippen molar-refractivity contribution in [1.29, 1.82) is 0 Å². The summed E-state index contributed by atoms with van der Waals surface area (Å²) in [4.78, 5) is 24.7. The van der Waals surface area contributed by atoms with Gasteiger partial charge in [-0.2, -0.15) is 0 Å². The molecule has 2 aromatic carbocycles. The van der Waals surface area contributed by atoms with E-state index in [9.17, 15) is 9.59 Å². The number of amides is 2. The Morgan fingerprint density at radius 1 is 1.00 bits per heavy atom. The minimum Gasteiger partial charge on any atom is -0.494 e. The highest BCUT2D eigenvalue weighted by molar-refractivity contribution is 5.98. The van der Waals surface area contributed by atoms with Crippen LogP contribution in [-0.2, 0) is 11.3 Å². The summed E-state index contributed by atoms with van der Waals surface area (Å²) in [6.07, 6.45) is 2.54. The van der Waals surface area contributed by atoms with Crippen LogP contribution in [0.15, 0.2) is 71.3 Å². The van der Waals surface area contributed by atoms with Gasteiger partial charge in [-0.25, -0.2) is 0 Å². The molecular formula is C25H29N3O4. The van der Waals surface area contributed by atoms with E-state index < -0.39 is 0 Å². The van der Waals surface area contributed by atoms with Crippen molar-refractivity contribution in [3.63, 3.8) is 0 Å². The lowest BCUT2D eigenvalue weighted by atomic mass is 10.1. The highest BCUT2D eigenvalue weighted by Crippen LogP contribution is 2.18. The summed E-state index contributed by atoms with van der Waals surface area (Å²) >= 11 is 0. The quantitative estimate of drug-likeness (QED) is 0.407. The number of anilines is 2. The number of furan rings is 1. The number of nitrogens with one attached hydrogen (secondary N) is 3. The first kappa shape index (κ1) is 22.9.